The molecule has 1 aromatic carbocycles. The van der Waals surface area contributed by atoms with Crippen LogP contribution in [-0.2, 0) is 11.3 Å². The van der Waals surface area contributed by atoms with Crippen molar-refractivity contribution in [1.29, 1.82) is 0 Å². The summed E-state index contributed by atoms with van der Waals surface area (Å²) in [5.41, 5.74) is 1.12. The number of nitrogens with zero attached hydrogens (tertiary/aromatic N) is 4. The Hall–Kier alpha value is -2.38. The molecule has 2 aliphatic rings. The number of fused-ring (bicyclic) bond motifs is 1. The van der Waals surface area contributed by atoms with Gasteiger partial charge in [-0.1, -0.05) is 18.2 Å². The summed E-state index contributed by atoms with van der Waals surface area (Å²) in [5.74, 6) is 1.70. The highest BCUT2D eigenvalue weighted by Crippen LogP contribution is 2.25. The summed E-state index contributed by atoms with van der Waals surface area (Å²) < 4.78 is 7.76. The number of amides is 1. The van der Waals surface area contributed by atoms with Gasteiger partial charge in [-0.15, -0.1) is 0 Å². The van der Waals surface area contributed by atoms with Gasteiger partial charge < -0.3 is 15.0 Å². The number of likely N-dealkylation sites (tertiary alicyclic amines) is 1. The summed E-state index contributed by atoms with van der Waals surface area (Å²) in [6.45, 7) is 4.51. The largest absolute Gasteiger partial charge is 0.492 e. The third-order valence-corrected chi connectivity index (χ3v) is 5.37. The van der Waals surface area contributed by atoms with Gasteiger partial charge in [-0.05, 0) is 39.0 Å². The monoisotopic (exact) mass is 369 g/mol. The molecule has 7 heteroatoms. The Balaban J connectivity index is 1.37. The Morgan fingerprint density at radius 2 is 2.04 bits per heavy atom. The lowest BCUT2D eigenvalue weighted by molar-refractivity contribution is -0.117. The normalized spacial score (nSPS) is 19.1. The molecule has 0 atom stereocenters. The SMILES string of the molecule is CN1CCC(n2nccc2NC(=O)CN2CCOc3ccccc3C2)CC1. The molecular weight excluding hydrogens is 342 g/mol. The number of anilines is 1. The highest BCUT2D eigenvalue weighted by atomic mass is 16.5. The topological polar surface area (TPSA) is 62.6 Å². The highest BCUT2D eigenvalue weighted by molar-refractivity contribution is 5.91. The molecule has 0 aliphatic carbocycles. The molecule has 2 aromatic rings. The van der Waals surface area contributed by atoms with Crippen molar-refractivity contribution < 1.29 is 9.53 Å². The maximum absolute atomic E-state index is 12.6. The van der Waals surface area contributed by atoms with E-state index in [-0.39, 0.29) is 5.91 Å². The maximum atomic E-state index is 12.6. The average Bonchev–Trinajstić information content (AvgIpc) is 3.01. The smallest absolute Gasteiger partial charge is 0.239 e. The number of carbonyl (C=O) groups is 1. The van der Waals surface area contributed by atoms with Gasteiger partial charge in [0.2, 0.25) is 5.91 Å². The van der Waals surface area contributed by atoms with E-state index in [1.165, 1.54) is 0 Å². The van der Waals surface area contributed by atoms with E-state index in [2.05, 4.69) is 33.3 Å². The lowest BCUT2D eigenvalue weighted by Gasteiger charge is -2.30. The number of benzene rings is 1. The predicted molar refractivity (Wildman–Crippen MR) is 104 cm³/mol. The lowest BCUT2D eigenvalue weighted by atomic mass is 10.1. The van der Waals surface area contributed by atoms with E-state index in [9.17, 15) is 4.79 Å². The molecule has 1 saturated heterocycles. The van der Waals surface area contributed by atoms with Crippen LogP contribution in [0.2, 0.25) is 0 Å². The van der Waals surface area contributed by atoms with E-state index in [1.807, 2.05) is 28.9 Å². The molecule has 0 bridgehead atoms. The molecule has 1 N–H and O–H groups in total. The number of ether oxygens (including phenoxy) is 1. The van der Waals surface area contributed by atoms with Crippen molar-refractivity contribution in [2.45, 2.75) is 25.4 Å². The van der Waals surface area contributed by atoms with Crippen LogP contribution in [0, 0.1) is 0 Å². The van der Waals surface area contributed by atoms with Gasteiger partial charge in [-0.25, -0.2) is 4.68 Å². The first-order valence-electron chi connectivity index (χ1n) is 9.64. The van der Waals surface area contributed by atoms with Crippen molar-refractivity contribution in [3.05, 3.63) is 42.1 Å². The number of hydrogen-bond donors (Lipinski definition) is 1. The van der Waals surface area contributed by atoms with Crippen molar-refractivity contribution in [2.75, 3.05) is 45.2 Å². The number of para-hydroxylation sites is 1. The molecule has 4 rings (SSSR count). The second kappa shape index (κ2) is 8.10. The van der Waals surface area contributed by atoms with Crippen LogP contribution in [0.25, 0.3) is 0 Å². The van der Waals surface area contributed by atoms with Crippen LogP contribution in [0.4, 0.5) is 5.82 Å². The Kier molecular flexibility index (Phi) is 5.40. The van der Waals surface area contributed by atoms with Crippen molar-refractivity contribution >= 4 is 11.7 Å². The van der Waals surface area contributed by atoms with Gasteiger partial charge >= 0.3 is 0 Å². The van der Waals surface area contributed by atoms with Crippen LogP contribution in [0.3, 0.4) is 0 Å². The Bertz CT molecular complexity index is 782. The molecule has 0 saturated carbocycles. The fraction of sp³-hybridized carbons (Fsp3) is 0.500. The number of nitrogens with one attached hydrogen (secondary N) is 1. The standard InChI is InChI=1S/C20H27N5O2/c1-23-10-7-17(8-11-23)25-19(6-9-21-25)22-20(26)15-24-12-13-27-18-5-3-2-4-16(18)14-24/h2-6,9,17H,7-8,10-15H2,1H3,(H,22,26). The van der Waals surface area contributed by atoms with E-state index < -0.39 is 0 Å². The van der Waals surface area contributed by atoms with Crippen LogP contribution in [0.5, 0.6) is 5.75 Å². The number of rotatable bonds is 4. The van der Waals surface area contributed by atoms with Crippen LogP contribution >= 0.6 is 0 Å². The highest BCUT2D eigenvalue weighted by Gasteiger charge is 2.22. The second-order valence-corrected chi connectivity index (χ2v) is 7.41. The van der Waals surface area contributed by atoms with E-state index >= 15 is 0 Å². The number of aromatic nitrogens is 2. The van der Waals surface area contributed by atoms with E-state index in [0.717, 1.165) is 56.2 Å². The van der Waals surface area contributed by atoms with E-state index in [1.54, 1.807) is 6.20 Å². The van der Waals surface area contributed by atoms with Gasteiger partial charge in [0.25, 0.3) is 0 Å². The number of carbonyl (C=O) groups excluding carboxylic acids is 1. The zero-order chi connectivity index (χ0) is 18.6. The summed E-state index contributed by atoms with van der Waals surface area (Å²) in [6, 6.07) is 10.3. The Morgan fingerprint density at radius 1 is 1.22 bits per heavy atom. The van der Waals surface area contributed by atoms with Gasteiger partial charge in [0.1, 0.15) is 18.2 Å². The van der Waals surface area contributed by atoms with Crippen molar-refractivity contribution in [3.8, 4) is 5.75 Å². The van der Waals surface area contributed by atoms with Gasteiger partial charge in [0.15, 0.2) is 0 Å². The Labute approximate surface area is 159 Å². The van der Waals surface area contributed by atoms with E-state index in [4.69, 9.17) is 4.74 Å². The number of hydrogen-bond acceptors (Lipinski definition) is 5. The molecule has 0 spiro atoms. The zero-order valence-electron chi connectivity index (χ0n) is 15.8. The first-order valence-corrected chi connectivity index (χ1v) is 9.64. The van der Waals surface area contributed by atoms with Crippen molar-refractivity contribution in [2.24, 2.45) is 0 Å². The molecule has 1 fully saturated rings. The molecule has 2 aliphatic heterocycles. The van der Waals surface area contributed by atoms with Crippen LogP contribution in [0.15, 0.2) is 36.5 Å². The fourth-order valence-electron chi connectivity index (χ4n) is 3.84. The van der Waals surface area contributed by atoms with E-state index in [0.29, 0.717) is 19.2 Å². The molecule has 1 aromatic heterocycles. The third-order valence-electron chi connectivity index (χ3n) is 5.37. The molecule has 27 heavy (non-hydrogen) atoms. The molecule has 7 nitrogen and oxygen atoms in total. The number of piperidine rings is 1. The van der Waals surface area contributed by atoms with Gasteiger partial charge in [-0.2, -0.15) is 5.10 Å². The van der Waals surface area contributed by atoms with Crippen LogP contribution in [0.1, 0.15) is 24.4 Å². The van der Waals surface area contributed by atoms with Crippen molar-refractivity contribution in [3.63, 3.8) is 0 Å². The molecule has 0 radical (unpaired) electrons. The minimum Gasteiger partial charge on any atom is -0.492 e. The quantitative estimate of drug-likeness (QED) is 0.893. The lowest BCUT2D eigenvalue weighted by Crippen LogP contribution is -2.35. The second-order valence-electron chi connectivity index (χ2n) is 7.41. The first kappa shape index (κ1) is 18.0. The maximum Gasteiger partial charge on any atom is 0.239 e. The molecular formula is C20H27N5O2. The average molecular weight is 369 g/mol. The summed E-state index contributed by atoms with van der Waals surface area (Å²) in [5, 5.41) is 7.52. The summed E-state index contributed by atoms with van der Waals surface area (Å²) >= 11 is 0. The molecule has 3 heterocycles. The third kappa shape index (κ3) is 4.31. The summed E-state index contributed by atoms with van der Waals surface area (Å²) in [4.78, 5) is 17.1. The summed E-state index contributed by atoms with van der Waals surface area (Å²) in [7, 11) is 2.14. The molecule has 0 unspecified atom stereocenters. The van der Waals surface area contributed by atoms with Gasteiger partial charge in [0.05, 0.1) is 18.8 Å². The summed E-state index contributed by atoms with van der Waals surface area (Å²) in [6.07, 6.45) is 3.88. The van der Waals surface area contributed by atoms with Crippen LogP contribution < -0.4 is 10.1 Å². The minimum atomic E-state index is -0.0101. The predicted octanol–water partition coefficient (Wildman–Crippen LogP) is 1.98. The zero-order valence-corrected chi connectivity index (χ0v) is 15.8. The minimum absolute atomic E-state index is 0.0101. The fourth-order valence-corrected chi connectivity index (χ4v) is 3.84. The van der Waals surface area contributed by atoms with Crippen LogP contribution in [-0.4, -0.2) is 65.3 Å². The molecule has 144 valence electrons. The van der Waals surface area contributed by atoms with Gasteiger partial charge in [-0.3, -0.25) is 9.69 Å². The van der Waals surface area contributed by atoms with Gasteiger partial charge in [0, 0.05) is 24.7 Å². The van der Waals surface area contributed by atoms with Crippen molar-refractivity contribution in [1.82, 2.24) is 19.6 Å². The first-order chi connectivity index (χ1) is 13.2. The Morgan fingerprint density at radius 3 is 2.89 bits per heavy atom. The molecule has 1 amide bonds.